The highest BCUT2D eigenvalue weighted by atomic mass is 19.1. The van der Waals surface area contributed by atoms with Crippen LogP contribution in [0.25, 0.3) is 5.65 Å². The third kappa shape index (κ3) is 4.47. The molecule has 2 saturated carbocycles. The number of hydrogen-bond acceptors (Lipinski definition) is 7. The second kappa shape index (κ2) is 9.65. The summed E-state index contributed by atoms with van der Waals surface area (Å²) in [5, 5.41) is 13.1. The van der Waals surface area contributed by atoms with Gasteiger partial charge < -0.3 is 25.3 Å². The van der Waals surface area contributed by atoms with E-state index in [-0.39, 0.29) is 23.3 Å². The molecule has 0 bridgehead atoms. The van der Waals surface area contributed by atoms with Crippen molar-refractivity contribution in [2.24, 2.45) is 0 Å². The first-order valence-corrected chi connectivity index (χ1v) is 12.0. The molecule has 186 valence electrons. The Kier molecular flexibility index (Phi) is 6.42. The third-order valence-corrected chi connectivity index (χ3v) is 7.09. The fourth-order valence-electron chi connectivity index (χ4n) is 4.82. The maximum absolute atomic E-state index is 13.7. The molecular formula is C24H30FN7O3. The van der Waals surface area contributed by atoms with Crippen molar-refractivity contribution < 1.29 is 13.9 Å². The summed E-state index contributed by atoms with van der Waals surface area (Å²) < 4.78 is 22.4. The van der Waals surface area contributed by atoms with E-state index >= 15 is 0 Å². The Hall–Kier alpha value is -3.47. The molecule has 0 spiro atoms. The summed E-state index contributed by atoms with van der Waals surface area (Å²) >= 11 is 0. The molecule has 2 aliphatic rings. The molecule has 3 aromatic heterocycles. The van der Waals surface area contributed by atoms with E-state index in [1.165, 1.54) is 10.7 Å². The minimum atomic E-state index is -1.02. The van der Waals surface area contributed by atoms with Crippen LogP contribution in [0.15, 0.2) is 35.4 Å². The van der Waals surface area contributed by atoms with Gasteiger partial charge in [-0.2, -0.15) is 9.61 Å². The van der Waals surface area contributed by atoms with Gasteiger partial charge in [0.1, 0.15) is 29.1 Å². The number of halogens is 1. The fraction of sp³-hybridized carbons (Fsp3) is 0.500. The number of pyridine rings is 1. The number of ether oxygens (including phenoxy) is 1. The molecule has 1 amide bonds. The van der Waals surface area contributed by atoms with E-state index in [0.717, 1.165) is 25.7 Å². The lowest BCUT2D eigenvalue weighted by atomic mass is 9.90. The summed E-state index contributed by atoms with van der Waals surface area (Å²) in [5.74, 6) is 0.548. The van der Waals surface area contributed by atoms with E-state index in [4.69, 9.17) is 4.74 Å². The quantitative estimate of drug-likeness (QED) is 0.473. The van der Waals surface area contributed by atoms with Gasteiger partial charge in [0, 0.05) is 32.5 Å². The number of hydrogen-bond donors (Lipinski definition) is 3. The second-order valence-corrected chi connectivity index (χ2v) is 9.17. The van der Waals surface area contributed by atoms with E-state index in [1.54, 1.807) is 30.9 Å². The maximum Gasteiger partial charge on any atom is 0.274 e. The monoisotopic (exact) mass is 483 g/mol. The highest BCUT2D eigenvalue weighted by Gasteiger charge is 2.33. The SMILES string of the molecule is CNc1cc(Nc2cccn([C@H]3CC[C@H](OC)CC3)c2=O)nc2c(C(=O)NC3CC[C@H]3F)cnn12. The van der Waals surface area contributed by atoms with Crippen molar-refractivity contribution in [2.45, 2.75) is 62.9 Å². The normalized spacial score (nSPS) is 24.1. The second-order valence-electron chi connectivity index (χ2n) is 9.17. The van der Waals surface area contributed by atoms with Gasteiger partial charge >= 0.3 is 0 Å². The Labute approximate surface area is 201 Å². The number of rotatable bonds is 7. The summed E-state index contributed by atoms with van der Waals surface area (Å²) in [6.07, 6.45) is 7.13. The van der Waals surface area contributed by atoms with Crippen molar-refractivity contribution >= 4 is 28.9 Å². The third-order valence-electron chi connectivity index (χ3n) is 7.09. The average Bonchev–Trinajstić information content (AvgIpc) is 3.31. The molecule has 0 saturated heterocycles. The molecule has 2 aliphatic carbocycles. The average molecular weight is 484 g/mol. The van der Waals surface area contributed by atoms with Crippen molar-refractivity contribution in [3.8, 4) is 0 Å². The first-order chi connectivity index (χ1) is 17.0. The van der Waals surface area contributed by atoms with Crippen LogP contribution in [-0.4, -0.2) is 57.5 Å². The minimum absolute atomic E-state index is 0.120. The number of nitrogens with zero attached hydrogens (tertiary/aromatic N) is 4. The van der Waals surface area contributed by atoms with Crippen molar-refractivity contribution in [1.82, 2.24) is 24.5 Å². The Bertz CT molecular complexity index is 1280. The molecule has 0 aromatic carbocycles. The number of nitrogens with one attached hydrogen (secondary N) is 3. The highest BCUT2D eigenvalue weighted by molar-refractivity contribution is 6.00. The van der Waals surface area contributed by atoms with E-state index in [2.05, 4.69) is 26.0 Å². The summed E-state index contributed by atoms with van der Waals surface area (Å²) in [6.45, 7) is 0. The lowest BCUT2D eigenvalue weighted by Crippen LogP contribution is -2.48. The van der Waals surface area contributed by atoms with Crippen LogP contribution in [0.4, 0.5) is 21.7 Å². The van der Waals surface area contributed by atoms with Crippen LogP contribution < -0.4 is 21.5 Å². The molecule has 2 fully saturated rings. The van der Waals surface area contributed by atoms with Gasteiger partial charge in [-0.3, -0.25) is 9.59 Å². The number of carbonyl (C=O) groups excluding carboxylic acids is 1. The summed E-state index contributed by atoms with van der Waals surface area (Å²) in [6, 6.07) is 4.91. The van der Waals surface area contributed by atoms with Crippen LogP contribution in [0.2, 0.25) is 0 Å². The van der Waals surface area contributed by atoms with Crippen molar-refractivity contribution in [1.29, 1.82) is 0 Å². The predicted octanol–water partition coefficient (Wildman–Crippen LogP) is 3.04. The summed E-state index contributed by atoms with van der Waals surface area (Å²) in [4.78, 5) is 30.6. The lowest BCUT2D eigenvalue weighted by molar-refractivity contribution is 0.0580. The van der Waals surface area contributed by atoms with Crippen molar-refractivity contribution in [3.05, 3.63) is 46.5 Å². The Balaban J connectivity index is 1.42. The van der Waals surface area contributed by atoms with Crippen molar-refractivity contribution in [2.75, 3.05) is 24.8 Å². The van der Waals surface area contributed by atoms with Crippen LogP contribution in [0.1, 0.15) is 54.9 Å². The van der Waals surface area contributed by atoms with Gasteiger partial charge in [-0.05, 0) is 50.7 Å². The maximum atomic E-state index is 13.7. The first kappa shape index (κ1) is 23.3. The van der Waals surface area contributed by atoms with Crippen LogP contribution in [0.5, 0.6) is 0 Å². The van der Waals surface area contributed by atoms with Gasteiger partial charge in [0.25, 0.3) is 11.5 Å². The Morgan fingerprint density at radius 3 is 2.66 bits per heavy atom. The molecule has 35 heavy (non-hydrogen) atoms. The number of alkyl halides is 1. The molecule has 0 radical (unpaired) electrons. The molecule has 10 nitrogen and oxygen atoms in total. The first-order valence-electron chi connectivity index (χ1n) is 12.0. The summed E-state index contributed by atoms with van der Waals surface area (Å²) in [5.41, 5.74) is 0.803. The van der Waals surface area contributed by atoms with Crippen molar-refractivity contribution in [3.63, 3.8) is 0 Å². The number of methoxy groups -OCH3 is 1. The molecule has 11 heteroatoms. The largest absolute Gasteiger partial charge is 0.381 e. The van der Waals surface area contributed by atoms with Crippen LogP contribution >= 0.6 is 0 Å². The fourth-order valence-corrected chi connectivity index (χ4v) is 4.82. The standard InChI is InChI=1S/C24H30FN7O3/c1-26-21-12-20(30-22-16(13-27-32(21)22)23(33)29-18-10-9-17(18)25)28-19-4-3-11-31(24(19)34)14-5-7-15(35-2)8-6-14/h3-4,11-15,17-18,26H,5-10H2,1-2H3,(H,28,30)(H,29,33)/t14-,15-,17-,18?/m1/s1. The van der Waals surface area contributed by atoms with Gasteiger partial charge in [-0.15, -0.1) is 0 Å². The molecular weight excluding hydrogens is 453 g/mol. The number of carbonyl (C=O) groups is 1. The lowest BCUT2D eigenvalue weighted by Gasteiger charge is -2.30. The number of fused-ring (bicyclic) bond motifs is 1. The predicted molar refractivity (Wildman–Crippen MR) is 130 cm³/mol. The van der Waals surface area contributed by atoms with Gasteiger partial charge in [-0.25, -0.2) is 9.37 Å². The molecule has 2 atom stereocenters. The zero-order valence-electron chi connectivity index (χ0n) is 19.8. The molecule has 0 aliphatic heterocycles. The van der Waals surface area contributed by atoms with Gasteiger partial charge in [0.15, 0.2) is 5.65 Å². The van der Waals surface area contributed by atoms with E-state index in [0.29, 0.717) is 35.8 Å². The van der Waals surface area contributed by atoms with Crippen LogP contribution in [0, 0.1) is 0 Å². The number of aromatic nitrogens is 4. The summed E-state index contributed by atoms with van der Waals surface area (Å²) in [7, 11) is 3.46. The van der Waals surface area contributed by atoms with E-state index in [9.17, 15) is 14.0 Å². The van der Waals surface area contributed by atoms with Crippen LogP contribution in [0.3, 0.4) is 0 Å². The number of anilines is 3. The molecule has 3 aromatic rings. The molecule has 1 unspecified atom stereocenters. The van der Waals surface area contributed by atoms with E-state index < -0.39 is 18.1 Å². The zero-order chi connectivity index (χ0) is 24.5. The molecule has 3 N–H and O–H groups in total. The smallest absolute Gasteiger partial charge is 0.274 e. The topological polar surface area (TPSA) is 115 Å². The van der Waals surface area contributed by atoms with Crippen LogP contribution in [-0.2, 0) is 4.74 Å². The van der Waals surface area contributed by atoms with E-state index in [1.807, 2.05) is 12.3 Å². The molecule has 3 heterocycles. The Morgan fingerprint density at radius 2 is 2.00 bits per heavy atom. The number of amides is 1. The Morgan fingerprint density at radius 1 is 1.20 bits per heavy atom. The van der Waals surface area contributed by atoms with Gasteiger partial charge in [0.2, 0.25) is 0 Å². The zero-order valence-corrected chi connectivity index (χ0v) is 19.8. The van der Waals surface area contributed by atoms with Gasteiger partial charge in [-0.1, -0.05) is 0 Å². The van der Waals surface area contributed by atoms with Gasteiger partial charge in [0.05, 0.1) is 18.3 Å². The minimum Gasteiger partial charge on any atom is -0.381 e. The highest BCUT2D eigenvalue weighted by Crippen LogP contribution is 2.29. The molecule has 5 rings (SSSR count).